The molecule has 0 saturated heterocycles. The molecule has 0 bridgehead atoms. The summed E-state index contributed by atoms with van der Waals surface area (Å²) in [5, 5.41) is 15.9. The molecule has 0 saturated carbocycles. The van der Waals surface area contributed by atoms with E-state index in [9.17, 15) is 14.7 Å². The number of nitrogens with one attached hydrogen (secondary N) is 2. The van der Waals surface area contributed by atoms with Gasteiger partial charge in [0.25, 0.3) is 0 Å². The Hall–Kier alpha value is -3.07. The first-order valence-corrected chi connectivity index (χ1v) is 8.39. The van der Waals surface area contributed by atoms with Crippen LogP contribution < -0.4 is 10.6 Å². The number of rotatable bonds is 7. The Bertz CT molecular complexity index is 820. The van der Waals surface area contributed by atoms with Gasteiger partial charge in [0.05, 0.1) is 19.4 Å². The topological polar surface area (TPSA) is 123 Å². The summed E-state index contributed by atoms with van der Waals surface area (Å²) < 4.78 is 9.38. The first-order valence-electron chi connectivity index (χ1n) is 8.01. The fourth-order valence-corrected chi connectivity index (χ4v) is 2.29. The summed E-state index contributed by atoms with van der Waals surface area (Å²) in [6, 6.07) is 1.45. The van der Waals surface area contributed by atoms with E-state index in [1.54, 1.807) is 19.1 Å². The number of anilines is 2. The molecule has 0 atom stereocenters. The molecule has 1 aliphatic carbocycles. The molecule has 3 N–H and O–H groups in total. The van der Waals surface area contributed by atoms with E-state index in [0.717, 1.165) is 0 Å². The predicted molar refractivity (Wildman–Crippen MR) is 99.3 cm³/mol. The first-order chi connectivity index (χ1) is 12.9. The lowest BCUT2D eigenvalue weighted by atomic mass is 10.0. The molecular weight excluding hydrogens is 376 g/mol. The van der Waals surface area contributed by atoms with Gasteiger partial charge >= 0.3 is 11.9 Å². The van der Waals surface area contributed by atoms with Crippen molar-refractivity contribution in [3.63, 3.8) is 0 Å². The van der Waals surface area contributed by atoms with Gasteiger partial charge < -0.3 is 25.2 Å². The molecule has 10 heteroatoms. The fourth-order valence-electron chi connectivity index (χ4n) is 2.10. The van der Waals surface area contributed by atoms with Crippen LogP contribution in [0.15, 0.2) is 41.3 Å². The number of halogens is 1. The fraction of sp³-hybridized carbons (Fsp3) is 0.294. The lowest BCUT2D eigenvalue weighted by Crippen LogP contribution is -2.16. The third-order valence-corrected chi connectivity index (χ3v) is 3.51. The van der Waals surface area contributed by atoms with Gasteiger partial charge in [0.15, 0.2) is 0 Å². The molecule has 0 radical (unpaired) electrons. The monoisotopic (exact) mass is 394 g/mol. The van der Waals surface area contributed by atoms with Gasteiger partial charge in [0.2, 0.25) is 5.95 Å². The summed E-state index contributed by atoms with van der Waals surface area (Å²) in [6.45, 7) is 1.91. The van der Waals surface area contributed by atoms with Gasteiger partial charge in [0, 0.05) is 18.6 Å². The van der Waals surface area contributed by atoms with E-state index < -0.39 is 11.9 Å². The molecule has 1 aromatic heterocycles. The van der Waals surface area contributed by atoms with Crippen LogP contribution in [0.25, 0.3) is 0 Å². The van der Waals surface area contributed by atoms with Gasteiger partial charge in [-0.05, 0) is 18.6 Å². The highest BCUT2D eigenvalue weighted by Crippen LogP contribution is 2.23. The number of hydrogen-bond donors (Lipinski definition) is 3. The number of nitrogens with zero attached hydrogens (tertiary/aromatic N) is 2. The van der Waals surface area contributed by atoms with E-state index in [-0.39, 0.29) is 36.4 Å². The van der Waals surface area contributed by atoms with Crippen molar-refractivity contribution >= 4 is 35.3 Å². The van der Waals surface area contributed by atoms with Crippen molar-refractivity contribution in [2.75, 3.05) is 30.9 Å². The van der Waals surface area contributed by atoms with Crippen LogP contribution in [0.4, 0.5) is 11.8 Å². The zero-order valence-corrected chi connectivity index (χ0v) is 15.5. The lowest BCUT2D eigenvalue weighted by molar-refractivity contribution is -0.139. The van der Waals surface area contributed by atoms with Crippen molar-refractivity contribution in [1.29, 1.82) is 0 Å². The first kappa shape index (κ1) is 20.2. The Kier molecular flexibility index (Phi) is 7.18. The third-order valence-electron chi connectivity index (χ3n) is 3.32. The number of hydrogen-bond acceptors (Lipinski definition) is 9. The summed E-state index contributed by atoms with van der Waals surface area (Å²) in [4.78, 5) is 30.9. The number of methoxy groups -OCH3 is 1. The predicted octanol–water partition coefficient (Wildman–Crippen LogP) is 2.35. The molecule has 2 rings (SSSR count). The van der Waals surface area contributed by atoms with Crippen LogP contribution in [0.3, 0.4) is 0 Å². The second-order valence-electron chi connectivity index (χ2n) is 5.30. The molecule has 144 valence electrons. The van der Waals surface area contributed by atoms with Gasteiger partial charge in [0.1, 0.15) is 23.3 Å². The Morgan fingerprint density at radius 2 is 2.15 bits per heavy atom. The molecule has 1 aliphatic rings. The number of aromatic nitrogens is 2. The van der Waals surface area contributed by atoms with Crippen LogP contribution in [0, 0.1) is 0 Å². The summed E-state index contributed by atoms with van der Waals surface area (Å²) in [5.41, 5.74) is 0.959. The molecule has 1 aromatic rings. The molecule has 27 heavy (non-hydrogen) atoms. The van der Waals surface area contributed by atoms with Crippen molar-refractivity contribution in [3.05, 3.63) is 46.5 Å². The molecule has 0 aromatic carbocycles. The number of carbonyl (C=O) groups excluding carboxylic acids is 2. The van der Waals surface area contributed by atoms with Gasteiger partial charge in [-0.1, -0.05) is 17.7 Å². The molecule has 0 fully saturated rings. The standard InChI is InChI=1S/C17H19ClN4O5/c1-3-27-15(24)7-10-4-5-11(12(23)6-10)20-17-21-13(18)8-14(22-17)19-9-16(25)26-2/h4-5,7-8,23H,3,6,9H2,1-2H3,(H2,19,20,21,22). The summed E-state index contributed by atoms with van der Waals surface area (Å²) in [7, 11) is 1.28. The maximum Gasteiger partial charge on any atom is 0.331 e. The van der Waals surface area contributed by atoms with Gasteiger partial charge in [-0.3, -0.25) is 4.79 Å². The summed E-state index contributed by atoms with van der Waals surface area (Å²) in [6.07, 6.45) is 4.71. The largest absolute Gasteiger partial charge is 0.510 e. The molecule has 0 aliphatic heterocycles. The van der Waals surface area contributed by atoms with Crippen molar-refractivity contribution in [2.45, 2.75) is 13.3 Å². The lowest BCUT2D eigenvalue weighted by Gasteiger charge is -2.15. The highest BCUT2D eigenvalue weighted by atomic mass is 35.5. The number of allylic oxidation sites excluding steroid dienone is 3. The van der Waals surface area contributed by atoms with Crippen molar-refractivity contribution in [1.82, 2.24) is 9.97 Å². The van der Waals surface area contributed by atoms with Crippen LogP contribution in [0.1, 0.15) is 13.3 Å². The Balaban J connectivity index is 2.08. The second-order valence-corrected chi connectivity index (χ2v) is 5.68. The van der Waals surface area contributed by atoms with Crippen molar-refractivity contribution in [3.8, 4) is 0 Å². The van der Waals surface area contributed by atoms with Crippen LogP contribution >= 0.6 is 11.6 Å². The molecule has 0 amide bonds. The smallest absolute Gasteiger partial charge is 0.331 e. The number of aliphatic hydroxyl groups is 1. The number of carbonyl (C=O) groups is 2. The summed E-state index contributed by atoms with van der Waals surface area (Å²) in [5.74, 6) is -0.498. The van der Waals surface area contributed by atoms with Gasteiger partial charge in [-0.15, -0.1) is 0 Å². The Morgan fingerprint density at radius 3 is 2.81 bits per heavy atom. The molecule has 0 spiro atoms. The molecule has 9 nitrogen and oxygen atoms in total. The second kappa shape index (κ2) is 9.58. The van der Waals surface area contributed by atoms with Gasteiger partial charge in [-0.2, -0.15) is 4.98 Å². The molecular formula is C17H19ClN4O5. The van der Waals surface area contributed by atoms with Crippen LogP contribution in [0.5, 0.6) is 0 Å². The zero-order chi connectivity index (χ0) is 19.8. The van der Waals surface area contributed by atoms with Crippen molar-refractivity contribution in [2.24, 2.45) is 0 Å². The summed E-state index contributed by atoms with van der Waals surface area (Å²) >= 11 is 5.96. The van der Waals surface area contributed by atoms with Gasteiger partial charge in [-0.25, -0.2) is 9.78 Å². The highest BCUT2D eigenvalue weighted by Gasteiger charge is 2.14. The molecule has 0 unspecified atom stereocenters. The maximum atomic E-state index is 11.5. The maximum absolute atomic E-state index is 11.5. The number of aliphatic hydroxyl groups excluding tert-OH is 1. The zero-order valence-electron chi connectivity index (χ0n) is 14.8. The van der Waals surface area contributed by atoms with E-state index in [0.29, 0.717) is 17.1 Å². The van der Waals surface area contributed by atoms with E-state index >= 15 is 0 Å². The van der Waals surface area contributed by atoms with E-state index in [1.807, 2.05) is 0 Å². The van der Waals surface area contributed by atoms with E-state index in [4.69, 9.17) is 16.3 Å². The third kappa shape index (κ3) is 6.30. The SMILES string of the molecule is CCOC(=O)C=C1C=CC(Nc2nc(Cl)cc(NCC(=O)OC)n2)=C(O)C1. The van der Waals surface area contributed by atoms with Crippen LogP contribution in [-0.4, -0.2) is 47.3 Å². The molecule has 1 heterocycles. The average molecular weight is 395 g/mol. The highest BCUT2D eigenvalue weighted by molar-refractivity contribution is 6.29. The van der Waals surface area contributed by atoms with Crippen LogP contribution in [-0.2, 0) is 19.1 Å². The number of esters is 2. The van der Waals surface area contributed by atoms with E-state index in [1.165, 1.54) is 19.3 Å². The Labute approximate surface area is 160 Å². The minimum atomic E-state index is -0.471. The minimum Gasteiger partial charge on any atom is -0.510 e. The normalized spacial score (nSPS) is 14.9. The number of ether oxygens (including phenoxy) is 2. The average Bonchev–Trinajstić information content (AvgIpc) is 2.61. The van der Waals surface area contributed by atoms with E-state index in [2.05, 4.69) is 25.3 Å². The Morgan fingerprint density at radius 1 is 1.37 bits per heavy atom. The minimum absolute atomic E-state index is 0.000643. The quantitative estimate of drug-likeness (QED) is 0.363. The van der Waals surface area contributed by atoms with Crippen LogP contribution in [0.2, 0.25) is 5.15 Å². The van der Waals surface area contributed by atoms with Crippen molar-refractivity contribution < 1.29 is 24.2 Å².